The highest BCUT2D eigenvalue weighted by Gasteiger charge is 2.34. The Morgan fingerprint density at radius 1 is 1.08 bits per heavy atom. The van der Waals surface area contributed by atoms with Crippen molar-refractivity contribution in [3.05, 3.63) is 65.6 Å². The Labute approximate surface area is 138 Å². The molecule has 0 aliphatic carbocycles. The molecule has 0 atom stereocenters. The Balaban J connectivity index is 1.96. The lowest BCUT2D eigenvalue weighted by molar-refractivity contribution is -0.139. The molecule has 3 rings (SSSR count). The van der Waals surface area contributed by atoms with Crippen molar-refractivity contribution in [2.75, 3.05) is 5.32 Å². The average molecular weight is 350 g/mol. The summed E-state index contributed by atoms with van der Waals surface area (Å²) in [6.45, 7) is 0. The minimum atomic E-state index is -4.87. The standard InChI is InChI=1S/C17H10F4N2O2/c18-14-4-1-9(7-13(14)17(19,20)21)23-16(25)12-5-6-22-15-8-10(24)2-3-11(12)15/h1-8,24H,(H,23,25). The number of amides is 1. The number of alkyl halides is 3. The van der Waals surface area contributed by atoms with Crippen LogP contribution in [0.2, 0.25) is 0 Å². The first-order valence-electron chi connectivity index (χ1n) is 7.01. The second-order valence-corrected chi connectivity index (χ2v) is 5.21. The van der Waals surface area contributed by atoms with Crippen LogP contribution >= 0.6 is 0 Å². The summed E-state index contributed by atoms with van der Waals surface area (Å²) >= 11 is 0. The minimum Gasteiger partial charge on any atom is -0.508 e. The van der Waals surface area contributed by atoms with Gasteiger partial charge in [0.05, 0.1) is 16.6 Å². The van der Waals surface area contributed by atoms with E-state index in [-0.39, 0.29) is 17.0 Å². The van der Waals surface area contributed by atoms with Crippen LogP contribution in [0.25, 0.3) is 10.9 Å². The quantitative estimate of drug-likeness (QED) is 0.676. The van der Waals surface area contributed by atoms with E-state index in [0.717, 1.165) is 6.07 Å². The number of fused-ring (bicyclic) bond motifs is 1. The number of aromatic nitrogens is 1. The van der Waals surface area contributed by atoms with Crippen molar-refractivity contribution in [2.45, 2.75) is 6.18 Å². The van der Waals surface area contributed by atoms with Gasteiger partial charge in [0.25, 0.3) is 5.91 Å². The van der Waals surface area contributed by atoms with Crippen molar-refractivity contribution in [3.63, 3.8) is 0 Å². The summed E-state index contributed by atoms with van der Waals surface area (Å²) in [4.78, 5) is 16.4. The van der Waals surface area contributed by atoms with Crippen molar-refractivity contribution in [2.24, 2.45) is 0 Å². The van der Waals surface area contributed by atoms with E-state index in [0.29, 0.717) is 23.0 Å². The van der Waals surface area contributed by atoms with Crippen molar-refractivity contribution in [1.29, 1.82) is 0 Å². The molecule has 0 aliphatic rings. The number of nitrogens with one attached hydrogen (secondary N) is 1. The van der Waals surface area contributed by atoms with Gasteiger partial charge in [0.2, 0.25) is 0 Å². The van der Waals surface area contributed by atoms with Gasteiger partial charge < -0.3 is 10.4 Å². The summed E-state index contributed by atoms with van der Waals surface area (Å²) in [7, 11) is 0. The van der Waals surface area contributed by atoms with E-state index < -0.39 is 23.5 Å². The lowest BCUT2D eigenvalue weighted by Crippen LogP contribution is -2.14. The molecule has 4 nitrogen and oxygen atoms in total. The molecule has 0 unspecified atom stereocenters. The third-order valence-electron chi connectivity index (χ3n) is 3.50. The number of rotatable bonds is 2. The molecule has 0 spiro atoms. The number of carbonyl (C=O) groups excluding carboxylic acids is 1. The number of anilines is 1. The molecule has 0 radical (unpaired) electrons. The predicted octanol–water partition coefficient (Wildman–Crippen LogP) is 4.35. The number of phenolic OH excluding ortho intramolecular Hbond substituents is 1. The summed E-state index contributed by atoms with van der Waals surface area (Å²) in [6, 6.07) is 7.79. The van der Waals surface area contributed by atoms with Crippen LogP contribution in [0.15, 0.2) is 48.7 Å². The predicted molar refractivity (Wildman–Crippen MR) is 82.8 cm³/mol. The smallest absolute Gasteiger partial charge is 0.419 e. The van der Waals surface area contributed by atoms with E-state index in [1.807, 2.05) is 0 Å². The molecule has 25 heavy (non-hydrogen) atoms. The van der Waals surface area contributed by atoms with Gasteiger partial charge in [-0.25, -0.2) is 4.39 Å². The molecule has 0 bridgehead atoms. The third kappa shape index (κ3) is 3.37. The van der Waals surface area contributed by atoms with E-state index >= 15 is 0 Å². The zero-order chi connectivity index (χ0) is 18.2. The van der Waals surface area contributed by atoms with Gasteiger partial charge in [-0.3, -0.25) is 9.78 Å². The topological polar surface area (TPSA) is 62.2 Å². The van der Waals surface area contributed by atoms with Crippen molar-refractivity contribution < 1.29 is 27.5 Å². The molecule has 128 valence electrons. The molecule has 2 N–H and O–H groups in total. The second-order valence-electron chi connectivity index (χ2n) is 5.21. The molecule has 2 aromatic carbocycles. The summed E-state index contributed by atoms with van der Waals surface area (Å²) in [5.41, 5.74) is -1.15. The highest BCUT2D eigenvalue weighted by atomic mass is 19.4. The molecule has 1 amide bonds. The summed E-state index contributed by atoms with van der Waals surface area (Å²) in [5, 5.41) is 12.2. The maximum atomic E-state index is 13.3. The van der Waals surface area contributed by atoms with Gasteiger partial charge in [0.1, 0.15) is 11.6 Å². The highest BCUT2D eigenvalue weighted by Crippen LogP contribution is 2.33. The van der Waals surface area contributed by atoms with Gasteiger partial charge in [-0.05, 0) is 36.4 Å². The minimum absolute atomic E-state index is 0.0362. The van der Waals surface area contributed by atoms with Gasteiger partial charge >= 0.3 is 6.18 Å². The molecule has 0 saturated carbocycles. The second kappa shape index (κ2) is 6.04. The number of nitrogens with zero attached hydrogens (tertiary/aromatic N) is 1. The zero-order valence-corrected chi connectivity index (χ0v) is 12.4. The molecule has 1 heterocycles. The van der Waals surface area contributed by atoms with Crippen LogP contribution in [0.3, 0.4) is 0 Å². The highest BCUT2D eigenvalue weighted by molar-refractivity contribution is 6.12. The fourth-order valence-electron chi connectivity index (χ4n) is 2.35. The molecule has 3 aromatic rings. The SMILES string of the molecule is O=C(Nc1ccc(F)c(C(F)(F)F)c1)c1ccnc2cc(O)ccc12. The van der Waals surface area contributed by atoms with E-state index in [1.54, 1.807) is 0 Å². The van der Waals surface area contributed by atoms with E-state index in [4.69, 9.17) is 0 Å². The van der Waals surface area contributed by atoms with Crippen molar-refractivity contribution in [1.82, 2.24) is 4.98 Å². The molecule has 0 fully saturated rings. The molecule has 1 aromatic heterocycles. The van der Waals surface area contributed by atoms with Crippen LogP contribution in [-0.4, -0.2) is 16.0 Å². The van der Waals surface area contributed by atoms with Crippen LogP contribution in [0.4, 0.5) is 23.2 Å². The Morgan fingerprint density at radius 2 is 1.84 bits per heavy atom. The van der Waals surface area contributed by atoms with Crippen molar-refractivity contribution in [3.8, 4) is 5.75 Å². The lowest BCUT2D eigenvalue weighted by Gasteiger charge is -2.12. The Hall–Kier alpha value is -3.16. The number of benzene rings is 2. The summed E-state index contributed by atoms with van der Waals surface area (Å²) in [6.07, 6.45) is -3.53. The van der Waals surface area contributed by atoms with Gasteiger partial charge in [-0.15, -0.1) is 0 Å². The monoisotopic (exact) mass is 350 g/mol. The van der Waals surface area contributed by atoms with Crippen molar-refractivity contribution >= 4 is 22.5 Å². The number of hydrogen-bond acceptors (Lipinski definition) is 3. The number of hydrogen-bond donors (Lipinski definition) is 2. The molecule has 0 aliphatic heterocycles. The number of carbonyl (C=O) groups is 1. The van der Waals surface area contributed by atoms with E-state index in [9.17, 15) is 27.5 Å². The van der Waals surface area contributed by atoms with E-state index in [1.165, 1.54) is 30.5 Å². The first-order chi connectivity index (χ1) is 11.8. The van der Waals surface area contributed by atoms with Crippen LogP contribution in [0.5, 0.6) is 5.75 Å². The van der Waals surface area contributed by atoms with Gasteiger partial charge in [-0.2, -0.15) is 13.2 Å². The number of aromatic hydroxyl groups is 1. The maximum absolute atomic E-state index is 13.3. The summed E-state index contributed by atoms with van der Waals surface area (Å²) in [5.74, 6) is -2.14. The maximum Gasteiger partial charge on any atom is 0.419 e. The molecule has 8 heteroatoms. The van der Waals surface area contributed by atoms with Crippen LogP contribution in [0.1, 0.15) is 15.9 Å². The molecular formula is C17H10F4N2O2. The van der Waals surface area contributed by atoms with Crippen LogP contribution in [-0.2, 0) is 6.18 Å². The zero-order valence-electron chi connectivity index (χ0n) is 12.4. The van der Waals surface area contributed by atoms with E-state index in [2.05, 4.69) is 10.3 Å². The average Bonchev–Trinajstić information content (AvgIpc) is 2.54. The fourth-order valence-corrected chi connectivity index (χ4v) is 2.35. The molecule has 0 saturated heterocycles. The Bertz CT molecular complexity index is 971. The third-order valence-corrected chi connectivity index (χ3v) is 3.50. The Kier molecular flexibility index (Phi) is 4.03. The molecular weight excluding hydrogens is 340 g/mol. The van der Waals surface area contributed by atoms with Gasteiger partial charge in [-0.1, -0.05) is 0 Å². The van der Waals surface area contributed by atoms with Crippen LogP contribution in [0, 0.1) is 5.82 Å². The Morgan fingerprint density at radius 3 is 2.56 bits per heavy atom. The van der Waals surface area contributed by atoms with Gasteiger partial charge in [0, 0.05) is 23.3 Å². The lowest BCUT2D eigenvalue weighted by atomic mass is 10.1. The largest absolute Gasteiger partial charge is 0.508 e. The first-order valence-corrected chi connectivity index (χ1v) is 7.01. The fraction of sp³-hybridized carbons (Fsp3) is 0.0588. The van der Waals surface area contributed by atoms with Crippen LogP contribution < -0.4 is 5.32 Å². The number of halogens is 4. The normalized spacial score (nSPS) is 11.5. The number of phenols is 1. The van der Waals surface area contributed by atoms with Gasteiger partial charge in [0.15, 0.2) is 0 Å². The summed E-state index contributed by atoms with van der Waals surface area (Å²) < 4.78 is 51.6. The number of pyridine rings is 1. The first kappa shape index (κ1) is 16.7.